The minimum atomic E-state index is -4.53. The Hall–Kier alpha value is -3.88. The number of hydrazine groups is 1. The van der Waals surface area contributed by atoms with E-state index >= 15 is 0 Å². The molecule has 0 saturated carbocycles. The van der Waals surface area contributed by atoms with Crippen molar-refractivity contribution >= 4 is 23.2 Å². The first-order valence-electron chi connectivity index (χ1n) is 9.06. The molecule has 160 valence electrons. The molecule has 0 atom stereocenters. The minimum absolute atomic E-state index is 0.0211. The minimum Gasteiger partial charge on any atom is -0.321 e. The molecule has 3 rings (SSSR count). The van der Waals surface area contributed by atoms with E-state index in [1.54, 1.807) is 19.1 Å². The van der Waals surface area contributed by atoms with Gasteiger partial charge < -0.3 is 5.32 Å². The van der Waals surface area contributed by atoms with Crippen molar-refractivity contribution in [2.45, 2.75) is 13.1 Å². The lowest BCUT2D eigenvalue weighted by atomic mass is 10.1. The highest BCUT2D eigenvalue weighted by atomic mass is 19.4. The van der Waals surface area contributed by atoms with Gasteiger partial charge in [0.05, 0.1) is 28.1 Å². The van der Waals surface area contributed by atoms with Gasteiger partial charge in [0.2, 0.25) is 0 Å². The SMILES string of the molecule is Cc1cccc(C(=O)NNc2cccc(C(F)(F)F)c2)c1NC(=O)c1ccccc1F. The number of rotatable bonds is 5. The van der Waals surface area contributed by atoms with Crippen LogP contribution in [0.15, 0.2) is 66.7 Å². The lowest BCUT2D eigenvalue weighted by Crippen LogP contribution is -2.30. The lowest BCUT2D eigenvalue weighted by Gasteiger charge is -2.15. The zero-order chi connectivity index (χ0) is 22.6. The summed E-state index contributed by atoms with van der Waals surface area (Å²) >= 11 is 0. The average molecular weight is 431 g/mol. The molecule has 0 aliphatic carbocycles. The van der Waals surface area contributed by atoms with Gasteiger partial charge in [-0.15, -0.1) is 0 Å². The third-order valence-electron chi connectivity index (χ3n) is 4.38. The van der Waals surface area contributed by atoms with Crippen LogP contribution in [0, 0.1) is 12.7 Å². The molecule has 3 aromatic carbocycles. The predicted octanol–water partition coefficient (Wildman–Crippen LogP) is 5.16. The Morgan fingerprint density at radius 1 is 0.839 bits per heavy atom. The first-order chi connectivity index (χ1) is 14.7. The Labute approximate surface area is 175 Å². The molecular formula is C22H17F4N3O2. The first-order valence-corrected chi connectivity index (χ1v) is 9.06. The van der Waals surface area contributed by atoms with Crippen LogP contribution < -0.4 is 16.2 Å². The molecular weight excluding hydrogens is 414 g/mol. The summed E-state index contributed by atoms with van der Waals surface area (Å²) in [6.07, 6.45) is -4.53. The molecule has 0 unspecified atom stereocenters. The van der Waals surface area contributed by atoms with Gasteiger partial charge in [-0.1, -0.05) is 30.3 Å². The molecule has 3 aromatic rings. The van der Waals surface area contributed by atoms with Gasteiger partial charge in [0.1, 0.15) is 5.82 Å². The molecule has 31 heavy (non-hydrogen) atoms. The number of amides is 2. The molecule has 9 heteroatoms. The smallest absolute Gasteiger partial charge is 0.321 e. The van der Waals surface area contributed by atoms with E-state index in [-0.39, 0.29) is 22.5 Å². The van der Waals surface area contributed by atoms with E-state index in [0.29, 0.717) is 5.56 Å². The number of halogens is 4. The van der Waals surface area contributed by atoms with Crippen molar-refractivity contribution in [1.29, 1.82) is 0 Å². The van der Waals surface area contributed by atoms with Crippen LogP contribution in [-0.4, -0.2) is 11.8 Å². The Morgan fingerprint density at radius 3 is 2.23 bits per heavy atom. The Kier molecular flexibility index (Phi) is 6.24. The Morgan fingerprint density at radius 2 is 1.52 bits per heavy atom. The largest absolute Gasteiger partial charge is 0.416 e. The summed E-state index contributed by atoms with van der Waals surface area (Å²) in [4.78, 5) is 25.1. The summed E-state index contributed by atoms with van der Waals surface area (Å²) in [5.41, 5.74) is 4.42. The van der Waals surface area contributed by atoms with Gasteiger partial charge in [-0.25, -0.2) is 4.39 Å². The van der Waals surface area contributed by atoms with Crippen molar-refractivity contribution in [2.24, 2.45) is 0 Å². The molecule has 0 heterocycles. The zero-order valence-corrected chi connectivity index (χ0v) is 16.2. The molecule has 0 aliphatic heterocycles. The van der Waals surface area contributed by atoms with Crippen molar-refractivity contribution in [1.82, 2.24) is 5.43 Å². The predicted molar refractivity (Wildman–Crippen MR) is 108 cm³/mol. The second kappa shape index (κ2) is 8.86. The van der Waals surface area contributed by atoms with Gasteiger partial charge in [-0.2, -0.15) is 13.2 Å². The number of hydrogen-bond donors (Lipinski definition) is 3. The van der Waals surface area contributed by atoms with Crippen LogP contribution in [-0.2, 0) is 6.18 Å². The maximum Gasteiger partial charge on any atom is 0.416 e. The Balaban J connectivity index is 1.79. The number of hydrogen-bond acceptors (Lipinski definition) is 3. The van der Waals surface area contributed by atoms with Crippen molar-refractivity contribution in [3.05, 3.63) is 94.8 Å². The van der Waals surface area contributed by atoms with Crippen molar-refractivity contribution in [2.75, 3.05) is 10.7 Å². The molecule has 0 fully saturated rings. The van der Waals surface area contributed by atoms with Gasteiger partial charge in [0, 0.05) is 0 Å². The first kappa shape index (κ1) is 21.8. The maximum absolute atomic E-state index is 13.9. The van der Waals surface area contributed by atoms with E-state index in [1.165, 1.54) is 36.4 Å². The summed E-state index contributed by atoms with van der Waals surface area (Å²) in [6.45, 7) is 1.65. The molecule has 0 bridgehead atoms. The number of para-hydroxylation sites is 1. The fourth-order valence-corrected chi connectivity index (χ4v) is 2.82. The van der Waals surface area contributed by atoms with E-state index in [0.717, 1.165) is 18.2 Å². The topological polar surface area (TPSA) is 70.2 Å². The monoisotopic (exact) mass is 431 g/mol. The molecule has 0 aromatic heterocycles. The quantitative estimate of drug-likeness (QED) is 0.386. The Bertz CT molecular complexity index is 1130. The maximum atomic E-state index is 13.9. The second-order valence-corrected chi connectivity index (χ2v) is 6.59. The number of aryl methyl sites for hydroxylation is 1. The van der Waals surface area contributed by atoms with Gasteiger partial charge in [-0.3, -0.25) is 20.4 Å². The molecule has 0 spiro atoms. The van der Waals surface area contributed by atoms with Gasteiger partial charge >= 0.3 is 6.18 Å². The number of benzene rings is 3. The number of carbonyl (C=O) groups is 2. The van der Waals surface area contributed by atoms with E-state index in [1.807, 2.05) is 0 Å². The van der Waals surface area contributed by atoms with Crippen LogP contribution in [0.2, 0.25) is 0 Å². The highest BCUT2D eigenvalue weighted by Crippen LogP contribution is 2.30. The fourth-order valence-electron chi connectivity index (χ4n) is 2.82. The second-order valence-electron chi connectivity index (χ2n) is 6.59. The van der Waals surface area contributed by atoms with Gasteiger partial charge in [-0.05, 0) is 48.9 Å². The van der Waals surface area contributed by atoms with Crippen LogP contribution in [0.4, 0.5) is 28.9 Å². The molecule has 0 saturated heterocycles. The molecule has 0 aliphatic rings. The highest BCUT2D eigenvalue weighted by molar-refractivity contribution is 6.09. The van der Waals surface area contributed by atoms with Crippen LogP contribution in [0.25, 0.3) is 0 Å². The molecule has 5 nitrogen and oxygen atoms in total. The summed E-state index contributed by atoms with van der Waals surface area (Å²) in [5, 5.41) is 2.53. The van der Waals surface area contributed by atoms with Crippen LogP contribution in [0.5, 0.6) is 0 Å². The highest BCUT2D eigenvalue weighted by Gasteiger charge is 2.30. The summed E-state index contributed by atoms with van der Waals surface area (Å²) in [6, 6.07) is 14.3. The lowest BCUT2D eigenvalue weighted by molar-refractivity contribution is -0.137. The van der Waals surface area contributed by atoms with Crippen molar-refractivity contribution in [3.63, 3.8) is 0 Å². The van der Waals surface area contributed by atoms with Gasteiger partial charge in [0.15, 0.2) is 0 Å². The van der Waals surface area contributed by atoms with Crippen molar-refractivity contribution in [3.8, 4) is 0 Å². The third-order valence-corrected chi connectivity index (χ3v) is 4.38. The van der Waals surface area contributed by atoms with Crippen LogP contribution in [0.1, 0.15) is 31.8 Å². The molecule has 0 radical (unpaired) electrons. The summed E-state index contributed by atoms with van der Waals surface area (Å²) < 4.78 is 52.4. The van der Waals surface area contributed by atoms with E-state index in [2.05, 4.69) is 16.2 Å². The average Bonchev–Trinajstić information content (AvgIpc) is 2.73. The third kappa shape index (κ3) is 5.19. The van der Waals surface area contributed by atoms with E-state index in [9.17, 15) is 27.2 Å². The van der Waals surface area contributed by atoms with Crippen LogP contribution in [0.3, 0.4) is 0 Å². The number of alkyl halides is 3. The van der Waals surface area contributed by atoms with E-state index < -0.39 is 29.4 Å². The van der Waals surface area contributed by atoms with E-state index in [4.69, 9.17) is 0 Å². The zero-order valence-electron chi connectivity index (χ0n) is 16.2. The van der Waals surface area contributed by atoms with Gasteiger partial charge in [0.25, 0.3) is 11.8 Å². The number of nitrogens with one attached hydrogen (secondary N) is 3. The molecule has 2 amide bonds. The normalized spacial score (nSPS) is 11.0. The fraction of sp³-hybridized carbons (Fsp3) is 0.0909. The van der Waals surface area contributed by atoms with Crippen LogP contribution >= 0.6 is 0 Å². The molecule has 3 N–H and O–H groups in total. The number of carbonyl (C=O) groups excluding carboxylic acids is 2. The standard InChI is InChI=1S/C22H17F4N3O2/c1-13-6-4-10-17(19(13)27-20(30)16-9-2-3-11-18(16)23)21(31)29-28-15-8-5-7-14(12-15)22(24,25)26/h2-12,28H,1H3,(H,27,30)(H,29,31). The summed E-state index contributed by atoms with van der Waals surface area (Å²) in [5.74, 6) is -2.16. The summed E-state index contributed by atoms with van der Waals surface area (Å²) in [7, 11) is 0. The van der Waals surface area contributed by atoms with Crippen molar-refractivity contribution < 1.29 is 27.2 Å². The number of anilines is 2.